The Morgan fingerprint density at radius 1 is 1.25 bits per heavy atom. The van der Waals surface area contributed by atoms with Crippen LogP contribution in [0.4, 0.5) is 4.39 Å². The highest BCUT2D eigenvalue weighted by Gasteiger charge is 2.14. The van der Waals surface area contributed by atoms with Crippen molar-refractivity contribution in [2.75, 3.05) is 0 Å². The zero-order chi connectivity index (χ0) is 16.9. The third kappa shape index (κ3) is 4.02. The molecule has 3 rings (SSSR count). The van der Waals surface area contributed by atoms with Crippen molar-refractivity contribution < 1.29 is 9.18 Å². The second-order valence-corrected chi connectivity index (χ2v) is 6.52. The molecule has 1 aromatic carbocycles. The van der Waals surface area contributed by atoms with Crippen LogP contribution in [0.3, 0.4) is 0 Å². The van der Waals surface area contributed by atoms with Crippen molar-refractivity contribution in [1.29, 1.82) is 0 Å². The van der Waals surface area contributed by atoms with E-state index < -0.39 is 0 Å². The summed E-state index contributed by atoms with van der Waals surface area (Å²) in [5.41, 5.74) is 1.91. The lowest BCUT2D eigenvalue weighted by Gasteiger charge is -2.12. The molecule has 2 aromatic heterocycles. The van der Waals surface area contributed by atoms with E-state index in [0.717, 1.165) is 16.1 Å². The van der Waals surface area contributed by atoms with Crippen LogP contribution in [0.15, 0.2) is 55.0 Å². The van der Waals surface area contributed by atoms with Gasteiger partial charge in [0.25, 0.3) is 5.91 Å². The molecular formula is C18H16FN3OS. The Kier molecular flexibility index (Phi) is 4.96. The average Bonchev–Trinajstić information content (AvgIpc) is 3.06. The number of rotatable bonds is 5. The van der Waals surface area contributed by atoms with Gasteiger partial charge in [-0.1, -0.05) is 18.2 Å². The van der Waals surface area contributed by atoms with Gasteiger partial charge in [-0.3, -0.25) is 9.78 Å². The average molecular weight is 341 g/mol. The minimum atomic E-state index is -0.262. The van der Waals surface area contributed by atoms with Crippen molar-refractivity contribution in [3.63, 3.8) is 0 Å². The van der Waals surface area contributed by atoms with Gasteiger partial charge in [0.1, 0.15) is 10.7 Å². The van der Waals surface area contributed by atoms with Crippen molar-refractivity contribution in [3.8, 4) is 0 Å². The maximum absolute atomic E-state index is 12.9. The van der Waals surface area contributed by atoms with Gasteiger partial charge in [0.2, 0.25) is 0 Å². The maximum atomic E-state index is 12.9. The maximum Gasteiger partial charge on any atom is 0.263 e. The molecule has 3 aromatic rings. The van der Waals surface area contributed by atoms with Gasteiger partial charge < -0.3 is 5.32 Å². The summed E-state index contributed by atoms with van der Waals surface area (Å²) in [6, 6.07) is 9.92. The minimum absolute atomic E-state index is 0.131. The first kappa shape index (κ1) is 16.3. The van der Waals surface area contributed by atoms with Gasteiger partial charge in [-0.25, -0.2) is 9.37 Å². The number of nitrogens with zero attached hydrogens (tertiary/aromatic N) is 2. The molecular weight excluding hydrogens is 325 g/mol. The first-order valence-corrected chi connectivity index (χ1v) is 8.33. The van der Waals surface area contributed by atoms with Crippen LogP contribution in [-0.2, 0) is 6.42 Å². The first-order valence-electron chi connectivity index (χ1n) is 7.52. The molecule has 0 aliphatic heterocycles. The van der Waals surface area contributed by atoms with Gasteiger partial charge in [0, 0.05) is 18.8 Å². The van der Waals surface area contributed by atoms with E-state index in [1.54, 1.807) is 30.7 Å². The molecule has 1 N–H and O–H groups in total. The molecule has 2 heterocycles. The molecule has 0 saturated carbocycles. The van der Waals surface area contributed by atoms with Crippen LogP contribution >= 0.6 is 11.3 Å². The SMILES string of the molecule is CC(NC(=O)c1cnc(Cc2ccc(F)cc2)s1)c1cccnc1. The monoisotopic (exact) mass is 341 g/mol. The fourth-order valence-electron chi connectivity index (χ4n) is 2.26. The minimum Gasteiger partial charge on any atom is -0.345 e. The summed E-state index contributed by atoms with van der Waals surface area (Å²) < 4.78 is 12.9. The van der Waals surface area contributed by atoms with E-state index in [0.29, 0.717) is 11.3 Å². The molecule has 0 bridgehead atoms. The Morgan fingerprint density at radius 3 is 2.75 bits per heavy atom. The molecule has 24 heavy (non-hydrogen) atoms. The second kappa shape index (κ2) is 7.31. The Morgan fingerprint density at radius 2 is 2.04 bits per heavy atom. The summed E-state index contributed by atoms with van der Waals surface area (Å²) in [5, 5.41) is 3.76. The highest BCUT2D eigenvalue weighted by atomic mass is 32.1. The standard InChI is InChI=1S/C18H16FN3OS/c1-12(14-3-2-8-20-10-14)22-18(23)16-11-21-17(24-16)9-13-4-6-15(19)7-5-13/h2-8,10-12H,9H2,1H3,(H,22,23). The van der Waals surface area contributed by atoms with Crippen molar-refractivity contribution in [1.82, 2.24) is 15.3 Å². The second-order valence-electron chi connectivity index (χ2n) is 5.40. The lowest BCUT2D eigenvalue weighted by molar-refractivity contribution is 0.0943. The van der Waals surface area contributed by atoms with Gasteiger partial charge in [0.05, 0.1) is 17.2 Å². The highest BCUT2D eigenvalue weighted by molar-refractivity contribution is 7.13. The number of hydrogen-bond donors (Lipinski definition) is 1. The lowest BCUT2D eigenvalue weighted by atomic mass is 10.1. The van der Waals surface area contributed by atoms with Crippen molar-refractivity contribution in [2.24, 2.45) is 0 Å². The van der Waals surface area contributed by atoms with E-state index >= 15 is 0 Å². The molecule has 1 unspecified atom stereocenters. The fraction of sp³-hybridized carbons (Fsp3) is 0.167. The summed E-state index contributed by atoms with van der Waals surface area (Å²) in [7, 11) is 0. The zero-order valence-corrected chi connectivity index (χ0v) is 13.9. The predicted molar refractivity (Wildman–Crippen MR) is 91.4 cm³/mol. The zero-order valence-electron chi connectivity index (χ0n) is 13.1. The lowest BCUT2D eigenvalue weighted by Crippen LogP contribution is -2.25. The van der Waals surface area contributed by atoms with E-state index in [2.05, 4.69) is 15.3 Å². The third-order valence-corrected chi connectivity index (χ3v) is 4.57. The summed E-state index contributed by atoms with van der Waals surface area (Å²) in [5.74, 6) is -0.420. The number of aromatic nitrogens is 2. The van der Waals surface area contributed by atoms with E-state index in [1.807, 2.05) is 19.1 Å². The van der Waals surface area contributed by atoms with E-state index in [9.17, 15) is 9.18 Å². The Labute approximate surface area is 143 Å². The predicted octanol–water partition coefficient (Wildman–Crippen LogP) is 3.76. The summed E-state index contributed by atoms with van der Waals surface area (Å²) >= 11 is 1.34. The van der Waals surface area contributed by atoms with Crippen LogP contribution < -0.4 is 5.32 Å². The molecule has 0 aliphatic rings. The number of nitrogens with one attached hydrogen (secondary N) is 1. The quantitative estimate of drug-likeness (QED) is 0.769. The number of carbonyl (C=O) groups is 1. The molecule has 0 aliphatic carbocycles. The Bertz CT molecular complexity index is 818. The highest BCUT2D eigenvalue weighted by Crippen LogP contribution is 2.19. The van der Waals surface area contributed by atoms with Crippen LogP contribution in [0.2, 0.25) is 0 Å². The van der Waals surface area contributed by atoms with Gasteiger partial charge in [0.15, 0.2) is 0 Å². The van der Waals surface area contributed by atoms with Gasteiger partial charge in [-0.15, -0.1) is 11.3 Å². The number of thiazole rings is 1. The van der Waals surface area contributed by atoms with Gasteiger partial charge in [-0.05, 0) is 36.2 Å². The topological polar surface area (TPSA) is 54.9 Å². The largest absolute Gasteiger partial charge is 0.345 e. The molecule has 0 radical (unpaired) electrons. The van der Waals surface area contributed by atoms with Gasteiger partial charge in [-0.2, -0.15) is 0 Å². The van der Waals surface area contributed by atoms with Crippen LogP contribution in [0.1, 0.15) is 38.8 Å². The number of carbonyl (C=O) groups excluding carboxylic acids is 1. The van der Waals surface area contributed by atoms with Crippen LogP contribution in [0.5, 0.6) is 0 Å². The number of halogens is 1. The van der Waals surface area contributed by atoms with E-state index in [-0.39, 0.29) is 17.8 Å². The summed E-state index contributed by atoms with van der Waals surface area (Å²) in [6.07, 6.45) is 5.59. The molecule has 0 fully saturated rings. The Balaban J connectivity index is 1.64. The van der Waals surface area contributed by atoms with Crippen LogP contribution in [0, 0.1) is 5.82 Å². The van der Waals surface area contributed by atoms with Crippen molar-refractivity contribution in [2.45, 2.75) is 19.4 Å². The van der Waals surface area contributed by atoms with E-state index in [1.165, 1.54) is 23.5 Å². The molecule has 4 nitrogen and oxygen atoms in total. The normalized spacial score (nSPS) is 11.9. The third-order valence-electron chi connectivity index (χ3n) is 3.58. The molecule has 0 spiro atoms. The molecule has 6 heteroatoms. The van der Waals surface area contributed by atoms with Crippen LogP contribution in [0.25, 0.3) is 0 Å². The summed E-state index contributed by atoms with van der Waals surface area (Å²) in [4.78, 5) is 21.2. The van der Waals surface area contributed by atoms with Crippen LogP contribution in [-0.4, -0.2) is 15.9 Å². The smallest absolute Gasteiger partial charge is 0.263 e. The Hall–Kier alpha value is -2.60. The molecule has 1 atom stereocenters. The number of amides is 1. The fourth-order valence-corrected chi connectivity index (χ4v) is 3.11. The van der Waals surface area contributed by atoms with Crippen molar-refractivity contribution in [3.05, 3.63) is 81.8 Å². The first-order chi connectivity index (χ1) is 11.6. The van der Waals surface area contributed by atoms with Gasteiger partial charge >= 0.3 is 0 Å². The molecule has 0 saturated heterocycles. The van der Waals surface area contributed by atoms with E-state index in [4.69, 9.17) is 0 Å². The summed E-state index contributed by atoms with van der Waals surface area (Å²) in [6.45, 7) is 1.91. The molecule has 122 valence electrons. The number of benzene rings is 1. The number of pyridine rings is 1. The molecule has 1 amide bonds. The number of hydrogen-bond acceptors (Lipinski definition) is 4. The van der Waals surface area contributed by atoms with Crippen molar-refractivity contribution >= 4 is 17.2 Å².